The minimum absolute atomic E-state index is 0.0452. The molecule has 1 aromatic heterocycles. The van der Waals surface area contributed by atoms with E-state index in [-0.39, 0.29) is 23.3 Å². The molecule has 0 saturated carbocycles. The van der Waals surface area contributed by atoms with Crippen molar-refractivity contribution in [3.8, 4) is 0 Å². The van der Waals surface area contributed by atoms with Gasteiger partial charge >= 0.3 is 0 Å². The maximum absolute atomic E-state index is 12.9. The van der Waals surface area contributed by atoms with Gasteiger partial charge in [0.2, 0.25) is 15.9 Å². The van der Waals surface area contributed by atoms with Gasteiger partial charge in [-0.1, -0.05) is 13.8 Å². The molecule has 0 aliphatic carbocycles. The summed E-state index contributed by atoms with van der Waals surface area (Å²) in [4.78, 5) is 12.6. The van der Waals surface area contributed by atoms with Crippen molar-refractivity contribution in [1.82, 2.24) is 19.8 Å². The Hall–Kier alpha value is -1.41. The number of amides is 1. The molecule has 2 heterocycles. The van der Waals surface area contributed by atoms with Crippen LogP contribution in [-0.2, 0) is 14.8 Å². The number of carbonyl (C=O) groups is 1. The second kappa shape index (κ2) is 7.65. The lowest BCUT2D eigenvalue weighted by molar-refractivity contribution is -0.126. The third-order valence-electron chi connectivity index (χ3n) is 4.43. The van der Waals surface area contributed by atoms with Crippen LogP contribution in [0.25, 0.3) is 0 Å². The van der Waals surface area contributed by atoms with Crippen molar-refractivity contribution < 1.29 is 13.2 Å². The molecule has 7 nitrogen and oxygen atoms in total. The summed E-state index contributed by atoms with van der Waals surface area (Å²) in [5.74, 6) is 0.199. The molecule has 8 heteroatoms. The van der Waals surface area contributed by atoms with Crippen molar-refractivity contribution in [2.24, 2.45) is 11.8 Å². The number of nitrogens with one attached hydrogen (secondary N) is 2. The van der Waals surface area contributed by atoms with E-state index in [2.05, 4.69) is 29.4 Å². The van der Waals surface area contributed by atoms with Crippen LogP contribution in [0.1, 0.15) is 44.5 Å². The molecule has 1 atom stereocenters. The minimum Gasteiger partial charge on any atom is -0.356 e. The topological polar surface area (TPSA) is 95.2 Å². The zero-order valence-corrected chi connectivity index (χ0v) is 15.7. The molecular weight excluding hydrogens is 328 g/mol. The predicted octanol–water partition coefficient (Wildman–Crippen LogP) is 1.59. The molecule has 2 rings (SSSR count). The van der Waals surface area contributed by atoms with Crippen LogP contribution in [-0.4, -0.2) is 48.5 Å². The normalized spacial score (nSPS) is 19.6. The number of sulfonamides is 1. The van der Waals surface area contributed by atoms with Crippen LogP contribution in [0.3, 0.4) is 0 Å². The average Bonchev–Trinajstić information content (AvgIpc) is 2.86. The smallest absolute Gasteiger partial charge is 0.246 e. The highest BCUT2D eigenvalue weighted by Crippen LogP contribution is 2.26. The molecule has 1 aliphatic heterocycles. The van der Waals surface area contributed by atoms with Gasteiger partial charge in [0, 0.05) is 19.6 Å². The summed E-state index contributed by atoms with van der Waals surface area (Å²) in [5, 5.41) is 9.63. The molecular formula is C16H28N4O3S. The van der Waals surface area contributed by atoms with Gasteiger partial charge in [-0.25, -0.2) is 8.42 Å². The quantitative estimate of drug-likeness (QED) is 0.809. The van der Waals surface area contributed by atoms with Crippen molar-refractivity contribution in [3.05, 3.63) is 11.4 Å². The maximum atomic E-state index is 12.9. The van der Waals surface area contributed by atoms with Crippen LogP contribution in [0.15, 0.2) is 4.90 Å². The fourth-order valence-corrected chi connectivity index (χ4v) is 4.91. The third-order valence-corrected chi connectivity index (χ3v) is 6.56. The molecule has 0 aromatic carbocycles. The number of hydrogen-bond donors (Lipinski definition) is 2. The van der Waals surface area contributed by atoms with E-state index in [0.717, 1.165) is 12.8 Å². The van der Waals surface area contributed by atoms with Gasteiger partial charge in [0.25, 0.3) is 0 Å². The number of H-pyrrole nitrogens is 1. The molecule has 1 fully saturated rings. The molecule has 1 amide bonds. The number of piperidine rings is 1. The van der Waals surface area contributed by atoms with E-state index in [1.54, 1.807) is 13.8 Å². The summed E-state index contributed by atoms with van der Waals surface area (Å²) < 4.78 is 27.2. The van der Waals surface area contributed by atoms with Crippen LogP contribution < -0.4 is 5.32 Å². The van der Waals surface area contributed by atoms with Gasteiger partial charge in [0.1, 0.15) is 4.90 Å². The van der Waals surface area contributed by atoms with E-state index in [0.29, 0.717) is 36.8 Å². The fraction of sp³-hybridized carbons (Fsp3) is 0.750. The second-order valence-corrected chi connectivity index (χ2v) is 8.81. The first-order valence-corrected chi connectivity index (χ1v) is 9.97. The predicted molar refractivity (Wildman–Crippen MR) is 92.0 cm³/mol. The second-order valence-electron chi connectivity index (χ2n) is 6.94. The van der Waals surface area contributed by atoms with Crippen molar-refractivity contribution in [3.63, 3.8) is 0 Å². The van der Waals surface area contributed by atoms with Gasteiger partial charge in [0.15, 0.2) is 0 Å². The number of carbonyl (C=O) groups excluding carboxylic acids is 1. The lowest BCUT2D eigenvalue weighted by Crippen LogP contribution is -2.45. The SMILES string of the molecule is Cc1n[nH]c(C)c1S(=O)(=O)N1CCCC(C(=O)NCCC(C)C)C1. The van der Waals surface area contributed by atoms with Crippen molar-refractivity contribution in [1.29, 1.82) is 0 Å². The van der Waals surface area contributed by atoms with E-state index < -0.39 is 10.0 Å². The van der Waals surface area contributed by atoms with E-state index in [4.69, 9.17) is 0 Å². The molecule has 1 saturated heterocycles. The maximum Gasteiger partial charge on any atom is 0.246 e. The van der Waals surface area contributed by atoms with Gasteiger partial charge in [0.05, 0.1) is 17.3 Å². The molecule has 0 bridgehead atoms. The number of hydrogen-bond acceptors (Lipinski definition) is 4. The summed E-state index contributed by atoms with van der Waals surface area (Å²) in [6, 6.07) is 0. The zero-order valence-electron chi connectivity index (χ0n) is 14.9. The van der Waals surface area contributed by atoms with Gasteiger partial charge < -0.3 is 5.32 Å². The van der Waals surface area contributed by atoms with Crippen LogP contribution in [0.4, 0.5) is 0 Å². The fourth-order valence-electron chi connectivity index (χ4n) is 3.05. The standard InChI is InChI=1S/C16H28N4O3S/c1-11(2)7-8-17-16(21)14-6-5-9-20(10-14)24(22,23)15-12(3)18-19-13(15)4/h11,14H,5-10H2,1-4H3,(H,17,21)(H,18,19). The molecule has 136 valence electrons. The van der Waals surface area contributed by atoms with Crippen molar-refractivity contribution in [2.75, 3.05) is 19.6 Å². The van der Waals surface area contributed by atoms with E-state index in [9.17, 15) is 13.2 Å². The Balaban J connectivity index is 2.06. The molecule has 1 aromatic rings. The third kappa shape index (κ3) is 4.16. The Labute approximate surface area is 144 Å². The van der Waals surface area contributed by atoms with Gasteiger partial charge in [-0.15, -0.1) is 0 Å². The van der Waals surface area contributed by atoms with Crippen LogP contribution in [0, 0.1) is 25.7 Å². The Morgan fingerprint density at radius 2 is 2.12 bits per heavy atom. The Morgan fingerprint density at radius 1 is 1.42 bits per heavy atom. The minimum atomic E-state index is -3.62. The molecule has 24 heavy (non-hydrogen) atoms. The van der Waals surface area contributed by atoms with Crippen molar-refractivity contribution >= 4 is 15.9 Å². The first-order valence-electron chi connectivity index (χ1n) is 8.53. The summed E-state index contributed by atoms with van der Waals surface area (Å²) in [5.41, 5.74) is 1.01. The molecule has 1 aliphatic rings. The summed E-state index contributed by atoms with van der Waals surface area (Å²) in [6.07, 6.45) is 2.34. The van der Waals surface area contributed by atoms with E-state index in [1.807, 2.05) is 0 Å². The Kier molecular flexibility index (Phi) is 6.03. The van der Waals surface area contributed by atoms with E-state index in [1.165, 1.54) is 4.31 Å². The monoisotopic (exact) mass is 356 g/mol. The zero-order chi connectivity index (χ0) is 17.9. The number of nitrogens with zero attached hydrogens (tertiary/aromatic N) is 2. The summed E-state index contributed by atoms with van der Waals surface area (Å²) in [6.45, 7) is 8.92. The number of aromatic nitrogens is 2. The van der Waals surface area contributed by atoms with Gasteiger partial charge in [-0.3, -0.25) is 9.89 Å². The Bertz CT molecular complexity index is 662. The molecule has 0 radical (unpaired) electrons. The molecule has 2 N–H and O–H groups in total. The highest BCUT2D eigenvalue weighted by Gasteiger charge is 2.35. The highest BCUT2D eigenvalue weighted by atomic mass is 32.2. The van der Waals surface area contributed by atoms with Gasteiger partial charge in [-0.05, 0) is 39.0 Å². The van der Waals surface area contributed by atoms with Crippen LogP contribution in [0.2, 0.25) is 0 Å². The first-order chi connectivity index (χ1) is 11.2. The summed E-state index contributed by atoms with van der Waals surface area (Å²) in [7, 11) is -3.62. The lowest BCUT2D eigenvalue weighted by Gasteiger charge is -2.31. The van der Waals surface area contributed by atoms with Crippen LogP contribution >= 0.6 is 0 Å². The largest absolute Gasteiger partial charge is 0.356 e. The molecule has 0 spiro atoms. The lowest BCUT2D eigenvalue weighted by atomic mass is 9.98. The highest BCUT2D eigenvalue weighted by molar-refractivity contribution is 7.89. The van der Waals surface area contributed by atoms with Gasteiger partial charge in [-0.2, -0.15) is 9.40 Å². The number of aryl methyl sites for hydroxylation is 2. The average molecular weight is 356 g/mol. The van der Waals surface area contributed by atoms with Crippen molar-refractivity contribution in [2.45, 2.75) is 51.9 Å². The molecule has 1 unspecified atom stereocenters. The summed E-state index contributed by atoms with van der Waals surface area (Å²) >= 11 is 0. The number of rotatable bonds is 6. The first kappa shape index (κ1) is 18.9. The number of aromatic amines is 1. The van der Waals surface area contributed by atoms with E-state index >= 15 is 0 Å². The Morgan fingerprint density at radius 3 is 2.71 bits per heavy atom. The van der Waals surface area contributed by atoms with Crippen LogP contribution in [0.5, 0.6) is 0 Å².